The van der Waals surface area contributed by atoms with Crippen molar-refractivity contribution in [1.29, 1.82) is 0 Å². The van der Waals surface area contributed by atoms with Gasteiger partial charge in [-0.3, -0.25) is 14.9 Å². The lowest BCUT2D eigenvalue weighted by molar-refractivity contribution is -0.385. The van der Waals surface area contributed by atoms with Crippen molar-refractivity contribution < 1.29 is 19.2 Å². The molecule has 1 aromatic rings. The van der Waals surface area contributed by atoms with Gasteiger partial charge in [-0.2, -0.15) is 0 Å². The number of nitrogens with one attached hydrogen (secondary N) is 1. The van der Waals surface area contributed by atoms with Crippen molar-refractivity contribution in [3.63, 3.8) is 0 Å². The van der Waals surface area contributed by atoms with Gasteiger partial charge in [0.15, 0.2) is 6.61 Å². The quantitative estimate of drug-likeness (QED) is 0.466. The Morgan fingerprint density at radius 3 is 2.62 bits per heavy atom. The molecule has 1 aliphatic rings. The second-order valence-electron chi connectivity index (χ2n) is 6.02. The molecule has 24 heavy (non-hydrogen) atoms. The molecule has 8 heteroatoms. The number of carbonyl (C=O) groups is 2. The van der Waals surface area contributed by atoms with Crippen LogP contribution in [0.1, 0.15) is 43.0 Å². The summed E-state index contributed by atoms with van der Waals surface area (Å²) in [6.45, 7) is 1.80. The average Bonchev–Trinajstić information content (AvgIpc) is 2.55. The fourth-order valence-corrected chi connectivity index (χ4v) is 3.06. The van der Waals surface area contributed by atoms with Crippen molar-refractivity contribution in [2.24, 2.45) is 5.92 Å². The highest BCUT2D eigenvalue weighted by atomic mass is 79.9. The van der Waals surface area contributed by atoms with E-state index in [0.29, 0.717) is 5.92 Å². The molecule has 1 N–H and O–H groups in total. The second kappa shape index (κ2) is 8.23. The Labute approximate surface area is 148 Å². The third-order valence-electron chi connectivity index (χ3n) is 4.09. The molecule has 0 spiro atoms. The normalized spacial score (nSPS) is 20.2. The van der Waals surface area contributed by atoms with Gasteiger partial charge < -0.3 is 10.1 Å². The van der Waals surface area contributed by atoms with E-state index in [0.717, 1.165) is 31.7 Å². The first-order chi connectivity index (χ1) is 11.4. The van der Waals surface area contributed by atoms with Crippen molar-refractivity contribution in [2.45, 2.75) is 38.6 Å². The van der Waals surface area contributed by atoms with Gasteiger partial charge in [0.2, 0.25) is 0 Å². The summed E-state index contributed by atoms with van der Waals surface area (Å²) in [7, 11) is 0. The van der Waals surface area contributed by atoms with E-state index in [1.807, 2.05) is 0 Å². The number of benzene rings is 1. The highest BCUT2D eigenvalue weighted by Gasteiger charge is 2.21. The topological polar surface area (TPSA) is 98.5 Å². The van der Waals surface area contributed by atoms with E-state index in [1.54, 1.807) is 0 Å². The molecule has 7 nitrogen and oxygen atoms in total. The Hall–Kier alpha value is -1.96. The zero-order chi connectivity index (χ0) is 17.7. The molecule has 0 aliphatic heterocycles. The first kappa shape index (κ1) is 18.4. The van der Waals surface area contributed by atoms with Crippen LogP contribution in [-0.4, -0.2) is 29.4 Å². The van der Waals surface area contributed by atoms with Crippen LogP contribution in [0.3, 0.4) is 0 Å². The summed E-state index contributed by atoms with van der Waals surface area (Å²) in [5.41, 5.74) is -0.200. The third-order valence-corrected chi connectivity index (χ3v) is 4.76. The monoisotopic (exact) mass is 398 g/mol. The minimum absolute atomic E-state index is 0.0317. The van der Waals surface area contributed by atoms with Gasteiger partial charge in [0.25, 0.3) is 11.6 Å². The van der Waals surface area contributed by atoms with Crippen LogP contribution in [0.4, 0.5) is 5.69 Å². The lowest BCUT2D eigenvalue weighted by atomic mass is 9.87. The van der Waals surface area contributed by atoms with E-state index in [1.165, 1.54) is 12.1 Å². The number of amides is 1. The van der Waals surface area contributed by atoms with Crippen LogP contribution in [-0.2, 0) is 9.53 Å². The molecule has 0 atom stereocenters. The van der Waals surface area contributed by atoms with E-state index < -0.39 is 17.5 Å². The van der Waals surface area contributed by atoms with Crippen LogP contribution in [0.5, 0.6) is 0 Å². The van der Waals surface area contributed by atoms with E-state index in [-0.39, 0.29) is 27.7 Å². The summed E-state index contributed by atoms with van der Waals surface area (Å²) < 4.78 is 5.21. The molecular formula is C16H19BrN2O5. The summed E-state index contributed by atoms with van der Waals surface area (Å²) in [6, 6.07) is 4.05. The number of esters is 1. The molecule has 1 aliphatic carbocycles. The SMILES string of the molecule is CC1CCC(NC(=O)COC(=O)c2ccc(Br)c([N+](=O)[O-])c2)CC1. The fourth-order valence-electron chi connectivity index (χ4n) is 2.67. The number of ether oxygens (including phenoxy) is 1. The van der Waals surface area contributed by atoms with E-state index in [4.69, 9.17) is 4.74 Å². The highest BCUT2D eigenvalue weighted by molar-refractivity contribution is 9.10. The summed E-state index contributed by atoms with van der Waals surface area (Å²) in [6.07, 6.45) is 4.01. The van der Waals surface area contributed by atoms with Gasteiger partial charge in [0, 0.05) is 12.1 Å². The largest absolute Gasteiger partial charge is 0.452 e. The summed E-state index contributed by atoms with van der Waals surface area (Å²) >= 11 is 3.04. The summed E-state index contributed by atoms with van der Waals surface area (Å²) in [4.78, 5) is 34.1. The molecule has 0 radical (unpaired) electrons. The lowest BCUT2D eigenvalue weighted by Crippen LogP contribution is -2.39. The molecule has 1 saturated carbocycles. The predicted octanol–water partition coefficient (Wildman–Crippen LogP) is 3.21. The Morgan fingerprint density at radius 2 is 2.00 bits per heavy atom. The van der Waals surface area contributed by atoms with E-state index >= 15 is 0 Å². The average molecular weight is 399 g/mol. The van der Waals surface area contributed by atoms with Crippen molar-refractivity contribution in [3.05, 3.63) is 38.3 Å². The highest BCUT2D eigenvalue weighted by Crippen LogP contribution is 2.26. The fraction of sp³-hybridized carbons (Fsp3) is 0.500. The molecule has 130 valence electrons. The number of hydrogen-bond donors (Lipinski definition) is 1. The van der Waals surface area contributed by atoms with Crippen LogP contribution >= 0.6 is 15.9 Å². The van der Waals surface area contributed by atoms with Gasteiger partial charge >= 0.3 is 5.97 Å². The number of hydrogen-bond acceptors (Lipinski definition) is 5. The minimum Gasteiger partial charge on any atom is -0.452 e. The molecule has 1 amide bonds. The lowest BCUT2D eigenvalue weighted by Gasteiger charge is -2.26. The first-order valence-corrected chi connectivity index (χ1v) is 8.56. The molecule has 0 aromatic heterocycles. The van der Waals surface area contributed by atoms with Crippen LogP contribution in [0.25, 0.3) is 0 Å². The zero-order valence-corrected chi connectivity index (χ0v) is 14.9. The Kier molecular flexibility index (Phi) is 6.30. The molecular weight excluding hydrogens is 380 g/mol. The molecule has 2 rings (SSSR count). The van der Waals surface area contributed by atoms with Crippen molar-refractivity contribution >= 4 is 33.5 Å². The van der Waals surface area contributed by atoms with Gasteiger partial charge in [0.1, 0.15) is 0 Å². The number of halogens is 1. The van der Waals surface area contributed by atoms with Gasteiger partial charge in [-0.05, 0) is 59.7 Å². The smallest absolute Gasteiger partial charge is 0.338 e. The zero-order valence-electron chi connectivity index (χ0n) is 13.3. The van der Waals surface area contributed by atoms with Gasteiger partial charge in [-0.15, -0.1) is 0 Å². The summed E-state index contributed by atoms with van der Waals surface area (Å²) in [5.74, 6) is -0.434. The maximum Gasteiger partial charge on any atom is 0.338 e. The molecule has 0 unspecified atom stereocenters. The van der Waals surface area contributed by atoms with Crippen LogP contribution in [0, 0.1) is 16.0 Å². The van der Waals surface area contributed by atoms with Crippen molar-refractivity contribution in [1.82, 2.24) is 5.32 Å². The van der Waals surface area contributed by atoms with Crippen LogP contribution < -0.4 is 5.32 Å². The molecule has 1 fully saturated rings. The van der Waals surface area contributed by atoms with Gasteiger partial charge in [-0.1, -0.05) is 6.92 Å². The number of nitro benzene ring substituents is 1. The Bertz CT molecular complexity index is 641. The van der Waals surface area contributed by atoms with Gasteiger partial charge in [-0.25, -0.2) is 4.79 Å². The van der Waals surface area contributed by atoms with E-state index in [9.17, 15) is 19.7 Å². The number of carbonyl (C=O) groups excluding carboxylic acids is 2. The Balaban J connectivity index is 1.85. The van der Waals surface area contributed by atoms with Crippen molar-refractivity contribution in [2.75, 3.05) is 6.61 Å². The second-order valence-corrected chi connectivity index (χ2v) is 6.88. The van der Waals surface area contributed by atoms with Gasteiger partial charge in [0.05, 0.1) is 15.0 Å². The Morgan fingerprint density at radius 1 is 1.33 bits per heavy atom. The molecule has 1 aromatic carbocycles. The maximum atomic E-state index is 11.9. The summed E-state index contributed by atoms with van der Waals surface area (Å²) in [5, 5.41) is 13.7. The molecule has 0 saturated heterocycles. The third kappa shape index (κ3) is 5.02. The number of nitro groups is 1. The number of rotatable bonds is 5. The van der Waals surface area contributed by atoms with Crippen LogP contribution in [0.15, 0.2) is 22.7 Å². The molecule has 0 heterocycles. The standard InChI is InChI=1S/C16H19BrN2O5/c1-10-2-5-12(6-3-10)18-15(20)9-24-16(21)11-4-7-13(17)14(8-11)19(22)23/h4,7-8,10,12H,2-3,5-6,9H2,1H3,(H,18,20). The first-order valence-electron chi connectivity index (χ1n) is 7.77. The predicted molar refractivity (Wildman–Crippen MR) is 90.6 cm³/mol. The van der Waals surface area contributed by atoms with Crippen LogP contribution in [0.2, 0.25) is 0 Å². The minimum atomic E-state index is -0.766. The van der Waals surface area contributed by atoms with Crippen molar-refractivity contribution in [3.8, 4) is 0 Å². The maximum absolute atomic E-state index is 11.9. The number of nitrogens with zero attached hydrogens (tertiary/aromatic N) is 1. The van der Waals surface area contributed by atoms with E-state index in [2.05, 4.69) is 28.2 Å². The molecule has 0 bridgehead atoms.